The van der Waals surface area contributed by atoms with E-state index in [0.717, 1.165) is 17.7 Å². The third-order valence-electron chi connectivity index (χ3n) is 4.33. The largest absolute Gasteiger partial charge is 0.496 e. The zero-order valence-electron chi connectivity index (χ0n) is 15.3. The van der Waals surface area contributed by atoms with Crippen LogP contribution >= 0.6 is 0 Å². The third kappa shape index (κ3) is 3.61. The SMILES string of the molecule is CCC(C)NC(=O)c1cn(-c2ccccc2)nc1-c1ccccc1OC. The summed E-state index contributed by atoms with van der Waals surface area (Å²) in [5.74, 6) is 0.547. The number of hydrogen-bond acceptors (Lipinski definition) is 3. The lowest BCUT2D eigenvalue weighted by Gasteiger charge is -2.12. The van der Waals surface area contributed by atoms with Crippen LogP contribution < -0.4 is 10.1 Å². The number of aromatic nitrogens is 2. The fraction of sp³-hybridized carbons (Fsp3) is 0.238. The molecule has 0 saturated heterocycles. The molecular formula is C21H23N3O2. The van der Waals surface area contributed by atoms with E-state index < -0.39 is 0 Å². The van der Waals surface area contributed by atoms with Gasteiger partial charge in [0.15, 0.2) is 0 Å². The molecule has 0 spiro atoms. The molecule has 1 atom stereocenters. The van der Waals surface area contributed by atoms with Gasteiger partial charge in [-0.05, 0) is 37.6 Å². The Balaban J connectivity index is 2.12. The Labute approximate surface area is 153 Å². The van der Waals surface area contributed by atoms with Crippen molar-refractivity contribution >= 4 is 5.91 Å². The van der Waals surface area contributed by atoms with Crippen molar-refractivity contribution in [3.63, 3.8) is 0 Å². The van der Waals surface area contributed by atoms with Gasteiger partial charge in [0.05, 0.1) is 18.4 Å². The van der Waals surface area contributed by atoms with E-state index >= 15 is 0 Å². The molecule has 0 aliphatic carbocycles. The quantitative estimate of drug-likeness (QED) is 0.730. The molecule has 1 unspecified atom stereocenters. The van der Waals surface area contributed by atoms with E-state index in [1.165, 1.54) is 0 Å². The Morgan fingerprint density at radius 2 is 1.85 bits per heavy atom. The number of ether oxygens (including phenoxy) is 1. The van der Waals surface area contributed by atoms with Gasteiger partial charge in [-0.15, -0.1) is 0 Å². The highest BCUT2D eigenvalue weighted by atomic mass is 16.5. The topological polar surface area (TPSA) is 56.2 Å². The summed E-state index contributed by atoms with van der Waals surface area (Å²) in [5, 5.41) is 7.71. The molecule has 0 bridgehead atoms. The molecule has 2 aromatic carbocycles. The number of amides is 1. The summed E-state index contributed by atoms with van der Waals surface area (Å²) in [4.78, 5) is 12.8. The molecule has 3 rings (SSSR count). The normalized spacial score (nSPS) is 11.8. The highest BCUT2D eigenvalue weighted by Crippen LogP contribution is 2.31. The van der Waals surface area contributed by atoms with Gasteiger partial charge in [-0.25, -0.2) is 4.68 Å². The minimum Gasteiger partial charge on any atom is -0.496 e. The van der Waals surface area contributed by atoms with Crippen LogP contribution in [0.4, 0.5) is 0 Å². The van der Waals surface area contributed by atoms with Crippen molar-refractivity contribution in [2.24, 2.45) is 0 Å². The zero-order valence-corrected chi connectivity index (χ0v) is 15.3. The summed E-state index contributed by atoms with van der Waals surface area (Å²) in [6, 6.07) is 17.4. The van der Waals surface area contributed by atoms with Gasteiger partial charge in [0.1, 0.15) is 11.4 Å². The van der Waals surface area contributed by atoms with Crippen LogP contribution in [0.25, 0.3) is 16.9 Å². The molecule has 0 radical (unpaired) electrons. The van der Waals surface area contributed by atoms with Crippen LogP contribution in [0.1, 0.15) is 30.6 Å². The summed E-state index contributed by atoms with van der Waals surface area (Å²) in [6.07, 6.45) is 2.64. The number of benzene rings is 2. The molecule has 1 N–H and O–H groups in total. The fourth-order valence-corrected chi connectivity index (χ4v) is 2.70. The number of nitrogens with zero attached hydrogens (tertiary/aromatic N) is 2. The maximum Gasteiger partial charge on any atom is 0.255 e. The molecule has 0 saturated carbocycles. The summed E-state index contributed by atoms with van der Waals surface area (Å²) in [5.41, 5.74) is 2.82. The average Bonchev–Trinajstić information content (AvgIpc) is 3.14. The molecule has 5 nitrogen and oxygen atoms in total. The van der Waals surface area contributed by atoms with Crippen LogP contribution in [0.5, 0.6) is 5.75 Å². The van der Waals surface area contributed by atoms with Crippen LogP contribution in [0, 0.1) is 0 Å². The Kier molecular flexibility index (Phi) is 5.37. The van der Waals surface area contributed by atoms with E-state index in [2.05, 4.69) is 10.4 Å². The van der Waals surface area contributed by atoms with Crippen LogP contribution in [0.3, 0.4) is 0 Å². The summed E-state index contributed by atoms with van der Waals surface area (Å²) < 4.78 is 7.20. The van der Waals surface area contributed by atoms with Crippen molar-refractivity contribution in [1.82, 2.24) is 15.1 Å². The van der Waals surface area contributed by atoms with Gasteiger partial charge < -0.3 is 10.1 Å². The number of rotatable bonds is 6. The van der Waals surface area contributed by atoms with Crippen molar-refractivity contribution in [3.05, 3.63) is 66.4 Å². The molecule has 1 aromatic heterocycles. The van der Waals surface area contributed by atoms with Crippen molar-refractivity contribution in [2.75, 3.05) is 7.11 Å². The second-order valence-electron chi connectivity index (χ2n) is 6.15. The third-order valence-corrected chi connectivity index (χ3v) is 4.33. The van der Waals surface area contributed by atoms with Crippen LogP contribution in [0.2, 0.25) is 0 Å². The first kappa shape index (κ1) is 17.7. The van der Waals surface area contributed by atoms with Gasteiger partial charge in [0.2, 0.25) is 0 Å². The molecule has 0 aliphatic heterocycles. The lowest BCUT2D eigenvalue weighted by atomic mass is 10.1. The molecule has 1 amide bonds. The Morgan fingerprint density at radius 3 is 2.54 bits per heavy atom. The average molecular weight is 349 g/mol. The molecule has 134 valence electrons. The predicted molar refractivity (Wildman–Crippen MR) is 103 cm³/mol. The van der Waals surface area contributed by atoms with E-state index in [0.29, 0.717) is 17.0 Å². The second-order valence-corrected chi connectivity index (χ2v) is 6.15. The van der Waals surface area contributed by atoms with Crippen molar-refractivity contribution < 1.29 is 9.53 Å². The predicted octanol–water partition coefficient (Wildman–Crippen LogP) is 4.08. The van der Waals surface area contributed by atoms with E-state index in [4.69, 9.17) is 4.74 Å². The van der Waals surface area contributed by atoms with Crippen molar-refractivity contribution in [1.29, 1.82) is 0 Å². The first-order valence-corrected chi connectivity index (χ1v) is 8.73. The van der Waals surface area contributed by atoms with Gasteiger partial charge >= 0.3 is 0 Å². The lowest BCUT2D eigenvalue weighted by Crippen LogP contribution is -2.32. The van der Waals surface area contributed by atoms with E-state index in [1.54, 1.807) is 18.0 Å². The lowest BCUT2D eigenvalue weighted by molar-refractivity contribution is 0.0940. The first-order chi connectivity index (χ1) is 12.6. The maximum atomic E-state index is 12.8. The van der Waals surface area contributed by atoms with Crippen molar-refractivity contribution in [3.8, 4) is 22.7 Å². The zero-order chi connectivity index (χ0) is 18.5. The molecule has 26 heavy (non-hydrogen) atoms. The smallest absolute Gasteiger partial charge is 0.255 e. The van der Waals surface area contributed by atoms with Crippen molar-refractivity contribution in [2.45, 2.75) is 26.3 Å². The second kappa shape index (κ2) is 7.87. The number of hydrogen-bond donors (Lipinski definition) is 1. The minimum absolute atomic E-state index is 0.0908. The van der Waals surface area contributed by atoms with Crippen LogP contribution in [-0.4, -0.2) is 28.8 Å². The standard InChI is InChI=1S/C21H23N3O2/c1-4-15(2)22-21(25)18-14-24(16-10-6-5-7-11-16)23-20(18)17-12-8-9-13-19(17)26-3/h5-15H,4H2,1-3H3,(H,22,25). The van der Waals surface area contributed by atoms with E-state index in [1.807, 2.05) is 68.4 Å². The highest BCUT2D eigenvalue weighted by molar-refractivity contribution is 6.00. The molecule has 5 heteroatoms. The number of para-hydroxylation sites is 2. The Bertz CT molecular complexity index is 887. The first-order valence-electron chi connectivity index (χ1n) is 8.73. The Morgan fingerprint density at radius 1 is 1.15 bits per heavy atom. The van der Waals surface area contributed by atoms with Crippen LogP contribution in [-0.2, 0) is 0 Å². The molecule has 3 aromatic rings. The van der Waals surface area contributed by atoms with Gasteiger partial charge in [-0.3, -0.25) is 4.79 Å². The summed E-state index contributed by atoms with van der Waals surface area (Å²) in [6.45, 7) is 4.03. The number of nitrogens with one attached hydrogen (secondary N) is 1. The Hall–Kier alpha value is -3.08. The van der Waals surface area contributed by atoms with Gasteiger partial charge in [-0.1, -0.05) is 37.3 Å². The molecule has 0 fully saturated rings. The maximum absolute atomic E-state index is 12.8. The highest BCUT2D eigenvalue weighted by Gasteiger charge is 2.21. The molecule has 0 aliphatic rings. The van der Waals surface area contributed by atoms with Gasteiger partial charge in [0.25, 0.3) is 5.91 Å². The van der Waals surface area contributed by atoms with E-state index in [-0.39, 0.29) is 11.9 Å². The minimum atomic E-state index is -0.137. The molecule has 1 heterocycles. The van der Waals surface area contributed by atoms with E-state index in [9.17, 15) is 4.79 Å². The number of carbonyl (C=O) groups is 1. The monoisotopic (exact) mass is 349 g/mol. The summed E-state index contributed by atoms with van der Waals surface area (Å²) in [7, 11) is 1.62. The number of methoxy groups -OCH3 is 1. The van der Waals surface area contributed by atoms with Gasteiger partial charge in [-0.2, -0.15) is 5.10 Å². The number of carbonyl (C=O) groups excluding carboxylic acids is 1. The van der Waals surface area contributed by atoms with Gasteiger partial charge in [0, 0.05) is 17.8 Å². The fourth-order valence-electron chi connectivity index (χ4n) is 2.70. The van der Waals surface area contributed by atoms with Crippen LogP contribution in [0.15, 0.2) is 60.8 Å². The summed E-state index contributed by atoms with van der Waals surface area (Å²) >= 11 is 0. The molecular weight excluding hydrogens is 326 g/mol.